The van der Waals surface area contributed by atoms with Crippen LogP contribution in [0.4, 0.5) is 0 Å². The predicted molar refractivity (Wildman–Crippen MR) is 131 cm³/mol. The summed E-state index contributed by atoms with van der Waals surface area (Å²) in [7, 11) is 0. The van der Waals surface area contributed by atoms with E-state index < -0.39 is 11.8 Å². The molecule has 3 rings (SSSR count). The molecule has 0 aliphatic rings. The first kappa shape index (κ1) is 24.3. The van der Waals surface area contributed by atoms with Crippen molar-refractivity contribution in [3.8, 4) is 11.5 Å². The van der Waals surface area contributed by atoms with E-state index in [1.54, 1.807) is 24.3 Å². The molecule has 0 heterocycles. The second-order valence-electron chi connectivity index (χ2n) is 6.49. The molecule has 0 unspecified atom stereocenters. The smallest absolute Gasteiger partial charge is 0.271 e. The van der Waals surface area contributed by atoms with Gasteiger partial charge in [-0.15, -0.1) is 0 Å². The van der Waals surface area contributed by atoms with Crippen LogP contribution in [0.2, 0.25) is 10.0 Å². The minimum Gasteiger partial charge on any atom is -0.490 e. The standard InChI is InChI=1S/C23H19Cl2N3O4S/c24-15-10-11-17(19(25)14-15)22(30)27-28-23(33)26-21(29)18-8-4-5-9-20(18)32-13-12-31-16-6-2-1-3-7-16/h1-11,14H,12-13H2,(H,27,30)(H2,26,28,29,33). The average Bonchev–Trinajstić information content (AvgIpc) is 2.81. The number of amides is 2. The summed E-state index contributed by atoms with van der Waals surface area (Å²) >= 11 is 16.9. The van der Waals surface area contributed by atoms with Crippen LogP contribution >= 0.6 is 35.4 Å². The molecule has 7 nitrogen and oxygen atoms in total. The fraction of sp³-hybridized carbons (Fsp3) is 0.0870. The summed E-state index contributed by atoms with van der Waals surface area (Å²) in [6, 6.07) is 20.5. The van der Waals surface area contributed by atoms with Crippen molar-refractivity contribution in [2.75, 3.05) is 13.2 Å². The number of benzene rings is 3. The Morgan fingerprint density at radius 3 is 2.24 bits per heavy atom. The minimum atomic E-state index is -0.546. The van der Waals surface area contributed by atoms with Crippen molar-refractivity contribution in [1.29, 1.82) is 0 Å². The molecule has 0 spiro atoms. The van der Waals surface area contributed by atoms with E-state index in [9.17, 15) is 9.59 Å². The van der Waals surface area contributed by atoms with Crippen molar-refractivity contribution >= 4 is 52.3 Å². The topological polar surface area (TPSA) is 88.7 Å². The van der Waals surface area contributed by atoms with Crippen LogP contribution in [0.1, 0.15) is 20.7 Å². The number of nitrogens with one attached hydrogen (secondary N) is 3. The van der Waals surface area contributed by atoms with Gasteiger partial charge in [0, 0.05) is 5.02 Å². The summed E-state index contributed by atoms with van der Waals surface area (Å²) in [6.45, 7) is 0.541. The zero-order chi connectivity index (χ0) is 23.6. The second kappa shape index (κ2) is 12.1. The van der Waals surface area contributed by atoms with E-state index in [0.29, 0.717) is 17.4 Å². The van der Waals surface area contributed by atoms with Crippen LogP contribution in [0.3, 0.4) is 0 Å². The first-order valence-corrected chi connectivity index (χ1v) is 10.9. The first-order chi connectivity index (χ1) is 15.9. The maximum Gasteiger partial charge on any atom is 0.271 e. The molecule has 0 aliphatic heterocycles. The highest BCUT2D eigenvalue weighted by Gasteiger charge is 2.15. The summed E-state index contributed by atoms with van der Waals surface area (Å²) < 4.78 is 11.3. The number of hydrogen-bond acceptors (Lipinski definition) is 5. The molecule has 0 aliphatic carbocycles. The third-order valence-corrected chi connectivity index (χ3v) is 4.93. The Hall–Kier alpha value is -3.33. The van der Waals surface area contributed by atoms with Crippen LogP contribution in [0, 0.1) is 0 Å². The molecule has 0 aromatic heterocycles. The van der Waals surface area contributed by atoms with E-state index >= 15 is 0 Å². The molecule has 0 bridgehead atoms. The van der Waals surface area contributed by atoms with Crippen molar-refractivity contribution in [1.82, 2.24) is 16.2 Å². The van der Waals surface area contributed by atoms with E-state index in [-0.39, 0.29) is 27.9 Å². The quantitative estimate of drug-likeness (QED) is 0.251. The lowest BCUT2D eigenvalue weighted by molar-refractivity contribution is 0.0933. The summed E-state index contributed by atoms with van der Waals surface area (Å²) in [4.78, 5) is 24.9. The Kier molecular flexibility index (Phi) is 8.88. The van der Waals surface area contributed by atoms with Gasteiger partial charge >= 0.3 is 0 Å². The molecule has 33 heavy (non-hydrogen) atoms. The molecule has 0 saturated heterocycles. The fourth-order valence-electron chi connectivity index (χ4n) is 2.66. The molecular weight excluding hydrogens is 485 g/mol. The molecular formula is C23H19Cl2N3O4S. The van der Waals surface area contributed by atoms with Gasteiger partial charge in [0.1, 0.15) is 24.7 Å². The van der Waals surface area contributed by atoms with Gasteiger partial charge in [-0.2, -0.15) is 0 Å². The molecule has 10 heteroatoms. The molecule has 0 saturated carbocycles. The van der Waals surface area contributed by atoms with Crippen molar-refractivity contribution in [2.24, 2.45) is 0 Å². The molecule has 3 N–H and O–H groups in total. The lowest BCUT2D eigenvalue weighted by atomic mass is 10.2. The number of carbonyl (C=O) groups is 2. The van der Waals surface area contributed by atoms with E-state index in [0.717, 1.165) is 5.75 Å². The van der Waals surface area contributed by atoms with Crippen molar-refractivity contribution in [2.45, 2.75) is 0 Å². The van der Waals surface area contributed by atoms with E-state index in [1.807, 2.05) is 30.3 Å². The van der Waals surface area contributed by atoms with Crippen LogP contribution in [0.5, 0.6) is 11.5 Å². The number of carbonyl (C=O) groups excluding carboxylic acids is 2. The monoisotopic (exact) mass is 503 g/mol. The number of thiocarbonyl (C=S) groups is 1. The SMILES string of the molecule is O=C(NNC(=S)NC(=O)c1ccccc1OCCOc1ccccc1)c1ccc(Cl)cc1Cl. The molecule has 3 aromatic carbocycles. The van der Waals surface area contributed by atoms with Gasteiger partial charge in [-0.05, 0) is 54.7 Å². The van der Waals surface area contributed by atoms with Gasteiger partial charge in [0.05, 0.1) is 16.1 Å². The minimum absolute atomic E-state index is 0.111. The molecule has 170 valence electrons. The van der Waals surface area contributed by atoms with Gasteiger partial charge in [0.25, 0.3) is 11.8 Å². The molecule has 3 aromatic rings. The number of ether oxygens (including phenoxy) is 2. The molecule has 0 fully saturated rings. The highest BCUT2D eigenvalue weighted by atomic mass is 35.5. The normalized spacial score (nSPS) is 10.1. The summed E-state index contributed by atoms with van der Waals surface area (Å²) in [5.41, 5.74) is 5.29. The van der Waals surface area contributed by atoms with Crippen molar-refractivity contribution < 1.29 is 19.1 Å². The Balaban J connectivity index is 1.50. The zero-order valence-corrected chi connectivity index (χ0v) is 19.5. The Morgan fingerprint density at radius 2 is 1.48 bits per heavy atom. The van der Waals surface area contributed by atoms with E-state index in [2.05, 4.69) is 16.2 Å². The number of hydrazine groups is 1. The molecule has 2 amide bonds. The number of para-hydroxylation sites is 2. The third-order valence-electron chi connectivity index (χ3n) is 4.18. The van der Waals surface area contributed by atoms with Crippen LogP contribution in [0.15, 0.2) is 72.8 Å². The second-order valence-corrected chi connectivity index (χ2v) is 7.74. The van der Waals surface area contributed by atoms with Crippen LogP contribution in [-0.4, -0.2) is 30.1 Å². The number of halogens is 2. The molecule has 0 atom stereocenters. The maximum absolute atomic E-state index is 12.6. The van der Waals surface area contributed by atoms with E-state index in [4.69, 9.17) is 44.9 Å². The van der Waals surface area contributed by atoms with Gasteiger partial charge in [-0.3, -0.25) is 25.8 Å². The molecule has 0 radical (unpaired) electrons. The highest BCUT2D eigenvalue weighted by molar-refractivity contribution is 7.80. The summed E-state index contributed by atoms with van der Waals surface area (Å²) in [5.74, 6) is 0.0400. The Morgan fingerprint density at radius 1 is 0.788 bits per heavy atom. The van der Waals surface area contributed by atoms with Gasteiger partial charge in [0.15, 0.2) is 5.11 Å². The Labute approximate surface area is 206 Å². The van der Waals surface area contributed by atoms with E-state index in [1.165, 1.54) is 18.2 Å². The lowest BCUT2D eigenvalue weighted by Gasteiger charge is -2.14. The van der Waals surface area contributed by atoms with Gasteiger partial charge in [-0.1, -0.05) is 53.5 Å². The largest absolute Gasteiger partial charge is 0.490 e. The number of hydrogen-bond donors (Lipinski definition) is 3. The van der Waals surface area contributed by atoms with Crippen LogP contribution in [-0.2, 0) is 0 Å². The van der Waals surface area contributed by atoms with Gasteiger partial charge in [-0.25, -0.2) is 0 Å². The average molecular weight is 504 g/mol. The van der Waals surface area contributed by atoms with Crippen LogP contribution in [0.25, 0.3) is 0 Å². The first-order valence-electron chi connectivity index (χ1n) is 9.70. The lowest BCUT2D eigenvalue weighted by Crippen LogP contribution is -2.48. The summed E-state index contributed by atoms with van der Waals surface area (Å²) in [6.07, 6.45) is 0. The van der Waals surface area contributed by atoms with Gasteiger partial charge < -0.3 is 9.47 Å². The maximum atomic E-state index is 12.6. The zero-order valence-electron chi connectivity index (χ0n) is 17.1. The van der Waals surface area contributed by atoms with Gasteiger partial charge in [0.2, 0.25) is 0 Å². The summed E-state index contributed by atoms with van der Waals surface area (Å²) in [5, 5.41) is 2.96. The third kappa shape index (κ3) is 7.35. The predicted octanol–water partition coefficient (Wildman–Crippen LogP) is 4.40. The van der Waals surface area contributed by atoms with Crippen molar-refractivity contribution in [3.63, 3.8) is 0 Å². The Bertz CT molecular complexity index is 1150. The number of rotatable bonds is 7. The van der Waals surface area contributed by atoms with Crippen LogP contribution < -0.4 is 25.6 Å². The van der Waals surface area contributed by atoms with Crippen molar-refractivity contribution in [3.05, 3.63) is 94.0 Å². The highest BCUT2D eigenvalue weighted by Crippen LogP contribution is 2.21. The fourth-order valence-corrected chi connectivity index (χ4v) is 3.30.